The molecule has 1 aliphatic heterocycles. The van der Waals surface area contributed by atoms with E-state index in [1.54, 1.807) is 30.2 Å². The highest BCUT2D eigenvalue weighted by molar-refractivity contribution is 7.89. The number of halogens is 3. The summed E-state index contributed by atoms with van der Waals surface area (Å²) in [5.74, 6) is -0.273. The molecule has 0 aliphatic carbocycles. The first kappa shape index (κ1) is 21.1. The van der Waals surface area contributed by atoms with Gasteiger partial charge in [-0.05, 0) is 24.3 Å². The molecular formula is C18H19F3N4O3S. The number of sulfonamides is 1. The fraction of sp³-hybridized carbons (Fsp3) is 0.333. The van der Waals surface area contributed by atoms with Gasteiger partial charge in [0.2, 0.25) is 15.9 Å². The van der Waals surface area contributed by atoms with Gasteiger partial charge in [-0.3, -0.25) is 9.48 Å². The molecule has 1 aromatic heterocycles. The van der Waals surface area contributed by atoms with Gasteiger partial charge in [-0.15, -0.1) is 0 Å². The third-order valence-corrected chi connectivity index (χ3v) is 6.39. The summed E-state index contributed by atoms with van der Waals surface area (Å²) in [7, 11) is -2.33. The number of aryl methyl sites for hydroxylation is 1. The smallest absolute Gasteiger partial charge is 0.337 e. The number of rotatable bonds is 4. The van der Waals surface area contributed by atoms with E-state index in [1.165, 1.54) is 11.0 Å². The number of carbonyl (C=O) groups is 1. The van der Waals surface area contributed by atoms with Gasteiger partial charge < -0.3 is 4.90 Å². The van der Waals surface area contributed by atoms with Crippen LogP contribution in [0.4, 0.5) is 13.2 Å². The zero-order valence-electron chi connectivity index (χ0n) is 15.5. The first-order valence-electron chi connectivity index (χ1n) is 8.70. The Labute approximate surface area is 166 Å². The van der Waals surface area contributed by atoms with Gasteiger partial charge in [0.1, 0.15) is 0 Å². The molecule has 0 spiro atoms. The largest absolute Gasteiger partial charge is 0.416 e. The molecular weight excluding hydrogens is 409 g/mol. The molecule has 3 rings (SSSR count). The van der Waals surface area contributed by atoms with Gasteiger partial charge in [-0.25, -0.2) is 8.42 Å². The molecule has 0 bridgehead atoms. The van der Waals surface area contributed by atoms with E-state index in [0.717, 1.165) is 28.1 Å². The van der Waals surface area contributed by atoms with Gasteiger partial charge in [0.15, 0.2) is 0 Å². The normalized spacial score (nSPS) is 16.5. The molecule has 0 unspecified atom stereocenters. The SMILES string of the molecule is Cn1cc(C=CC(=O)N2CCN(S(=O)(=O)c3cccc(C(F)(F)F)c3)CC2)cn1. The second-order valence-corrected chi connectivity index (χ2v) is 8.47. The molecule has 1 amide bonds. The minimum absolute atomic E-state index is 0.00501. The van der Waals surface area contributed by atoms with Crippen LogP contribution in [0.25, 0.3) is 6.08 Å². The van der Waals surface area contributed by atoms with Crippen molar-refractivity contribution in [2.75, 3.05) is 26.2 Å². The molecule has 1 saturated heterocycles. The number of hydrogen-bond donors (Lipinski definition) is 0. The molecule has 11 heteroatoms. The Morgan fingerprint density at radius 3 is 2.45 bits per heavy atom. The van der Waals surface area contributed by atoms with E-state index in [-0.39, 0.29) is 32.1 Å². The van der Waals surface area contributed by atoms with Crippen molar-refractivity contribution in [3.63, 3.8) is 0 Å². The summed E-state index contributed by atoms with van der Waals surface area (Å²) in [6.07, 6.45) is 1.71. The Bertz CT molecular complexity index is 1020. The average Bonchev–Trinajstić information content (AvgIpc) is 3.11. The summed E-state index contributed by atoms with van der Waals surface area (Å²) in [4.78, 5) is 13.4. The molecule has 1 aromatic carbocycles. The first-order chi connectivity index (χ1) is 13.6. The molecule has 0 radical (unpaired) electrons. The quantitative estimate of drug-likeness (QED) is 0.698. The standard InChI is InChI=1S/C18H19F3N4O3S/c1-23-13-14(12-22-23)5-6-17(26)24-7-9-25(10-8-24)29(27,28)16-4-2-3-15(11-16)18(19,20)21/h2-6,11-13H,7-10H2,1H3. The van der Waals surface area contributed by atoms with E-state index >= 15 is 0 Å². The molecule has 7 nitrogen and oxygen atoms in total. The average molecular weight is 428 g/mol. The van der Waals surface area contributed by atoms with Crippen molar-refractivity contribution in [2.24, 2.45) is 7.05 Å². The molecule has 29 heavy (non-hydrogen) atoms. The molecule has 0 saturated carbocycles. The zero-order valence-corrected chi connectivity index (χ0v) is 16.3. The van der Waals surface area contributed by atoms with Gasteiger partial charge in [-0.2, -0.15) is 22.6 Å². The fourth-order valence-corrected chi connectivity index (χ4v) is 4.40. The predicted octanol–water partition coefficient (Wildman–Crippen LogP) is 1.99. The highest BCUT2D eigenvalue weighted by Gasteiger charge is 2.34. The summed E-state index contributed by atoms with van der Waals surface area (Å²) in [5.41, 5.74) is -0.264. The highest BCUT2D eigenvalue weighted by atomic mass is 32.2. The number of amides is 1. The number of carbonyl (C=O) groups excluding carboxylic acids is 1. The molecule has 2 aromatic rings. The maximum absolute atomic E-state index is 12.9. The van der Waals surface area contributed by atoms with Crippen molar-refractivity contribution >= 4 is 22.0 Å². The Balaban J connectivity index is 1.65. The summed E-state index contributed by atoms with van der Waals surface area (Å²) in [5, 5.41) is 3.99. The van der Waals surface area contributed by atoms with Gasteiger partial charge in [0.05, 0.1) is 16.7 Å². The second kappa shape index (κ2) is 7.99. The van der Waals surface area contributed by atoms with E-state index in [9.17, 15) is 26.4 Å². The second-order valence-electron chi connectivity index (χ2n) is 6.54. The Morgan fingerprint density at radius 1 is 1.17 bits per heavy atom. The molecule has 0 N–H and O–H groups in total. The van der Waals surface area contributed by atoms with Crippen LogP contribution in [0.3, 0.4) is 0 Å². The van der Waals surface area contributed by atoms with Gasteiger partial charge in [0.25, 0.3) is 0 Å². The van der Waals surface area contributed by atoms with Crippen molar-refractivity contribution in [1.29, 1.82) is 0 Å². The van der Waals surface area contributed by atoms with Crippen LogP contribution in [-0.2, 0) is 28.0 Å². The van der Waals surface area contributed by atoms with Crippen molar-refractivity contribution < 1.29 is 26.4 Å². The third-order valence-electron chi connectivity index (χ3n) is 4.49. The molecule has 156 valence electrons. The summed E-state index contributed by atoms with van der Waals surface area (Å²) < 4.78 is 66.7. The van der Waals surface area contributed by atoms with Crippen LogP contribution < -0.4 is 0 Å². The van der Waals surface area contributed by atoms with Crippen LogP contribution in [0.15, 0.2) is 47.6 Å². The van der Waals surface area contributed by atoms with Gasteiger partial charge in [-0.1, -0.05) is 6.07 Å². The number of benzene rings is 1. The van der Waals surface area contributed by atoms with E-state index in [4.69, 9.17) is 0 Å². The van der Waals surface area contributed by atoms with Crippen LogP contribution in [0.1, 0.15) is 11.1 Å². The van der Waals surface area contributed by atoms with Crippen molar-refractivity contribution in [3.05, 3.63) is 53.9 Å². The predicted molar refractivity (Wildman–Crippen MR) is 99.0 cm³/mol. The Kier molecular flexibility index (Phi) is 5.80. The molecule has 0 atom stereocenters. The zero-order chi connectivity index (χ0) is 21.2. The lowest BCUT2D eigenvalue weighted by Crippen LogP contribution is -2.50. The first-order valence-corrected chi connectivity index (χ1v) is 10.1. The minimum atomic E-state index is -4.63. The van der Waals surface area contributed by atoms with E-state index in [0.29, 0.717) is 6.07 Å². The molecule has 2 heterocycles. The minimum Gasteiger partial charge on any atom is -0.337 e. The van der Waals surface area contributed by atoms with Crippen molar-refractivity contribution in [3.8, 4) is 0 Å². The lowest BCUT2D eigenvalue weighted by atomic mass is 10.2. The number of nitrogens with zero attached hydrogens (tertiary/aromatic N) is 4. The lowest BCUT2D eigenvalue weighted by molar-refractivity contribution is -0.137. The molecule has 1 aliphatic rings. The van der Waals surface area contributed by atoms with Crippen LogP contribution in [0.5, 0.6) is 0 Å². The fourth-order valence-electron chi connectivity index (χ4n) is 2.93. The van der Waals surface area contributed by atoms with Crippen LogP contribution >= 0.6 is 0 Å². The maximum atomic E-state index is 12.9. The topological polar surface area (TPSA) is 75.5 Å². The number of alkyl halides is 3. The summed E-state index contributed by atoms with van der Waals surface area (Å²) in [6.45, 7) is 0.304. The van der Waals surface area contributed by atoms with Gasteiger partial charge in [0, 0.05) is 51.1 Å². The van der Waals surface area contributed by atoms with Crippen LogP contribution in [0, 0.1) is 0 Å². The van der Waals surface area contributed by atoms with E-state index in [1.807, 2.05) is 0 Å². The third kappa shape index (κ3) is 4.85. The van der Waals surface area contributed by atoms with Crippen LogP contribution in [0.2, 0.25) is 0 Å². The maximum Gasteiger partial charge on any atom is 0.416 e. The number of hydrogen-bond acceptors (Lipinski definition) is 4. The van der Waals surface area contributed by atoms with E-state index < -0.39 is 26.7 Å². The number of piperazine rings is 1. The Morgan fingerprint density at radius 2 is 1.86 bits per heavy atom. The van der Waals surface area contributed by atoms with Crippen LogP contribution in [-0.4, -0.2) is 59.5 Å². The highest BCUT2D eigenvalue weighted by Crippen LogP contribution is 2.31. The van der Waals surface area contributed by atoms with Crippen molar-refractivity contribution in [2.45, 2.75) is 11.1 Å². The summed E-state index contributed by atoms with van der Waals surface area (Å²) >= 11 is 0. The van der Waals surface area contributed by atoms with Crippen molar-refractivity contribution in [1.82, 2.24) is 19.0 Å². The van der Waals surface area contributed by atoms with E-state index in [2.05, 4.69) is 5.10 Å². The monoisotopic (exact) mass is 428 g/mol. The number of aromatic nitrogens is 2. The summed E-state index contributed by atoms with van der Waals surface area (Å²) in [6, 6.07) is 3.66. The molecule has 1 fully saturated rings. The Hall–Kier alpha value is -2.66. The van der Waals surface area contributed by atoms with Gasteiger partial charge >= 0.3 is 6.18 Å². The lowest BCUT2D eigenvalue weighted by Gasteiger charge is -2.33.